The number of nitrogens with one attached hydrogen (secondary N) is 1. The fraction of sp³-hybridized carbons (Fsp3) is 0.462. The van der Waals surface area contributed by atoms with Gasteiger partial charge in [0.1, 0.15) is 6.04 Å². The van der Waals surface area contributed by atoms with Gasteiger partial charge in [0.25, 0.3) is 0 Å². The van der Waals surface area contributed by atoms with Crippen LogP contribution in [0.5, 0.6) is 5.75 Å². The van der Waals surface area contributed by atoms with Gasteiger partial charge in [-0.25, -0.2) is 4.79 Å². The van der Waals surface area contributed by atoms with E-state index in [4.69, 9.17) is 9.84 Å². The Morgan fingerprint density at radius 1 is 1.50 bits per heavy atom. The second-order valence-corrected chi connectivity index (χ2v) is 4.58. The predicted octanol–water partition coefficient (Wildman–Crippen LogP) is 2.51. The third kappa shape index (κ3) is 3.84. The van der Waals surface area contributed by atoms with Gasteiger partial charge < -0.3 is 15.2 Å². The molecule has 0 radical (unpaired) electrons. The van der Waals surface area contributed by atoms with Gasteiger partial charge in [0.2, 0.25) is 0 Å². The molecule has 0 heterocycles. The van der Waals surface area contributed by atoms with Gasteiger partial charge in [-0.2, -0.15) is 0 Å². The number of nitro groups is 1. The van der Waals surface area contributed by atoms with Crippen molar-refractivity contribution < 1.29 is 19.6 Å². The number of aliphatic carboxylic acids is 1. The van der Waals surface area contributed by atoms with Crippen LogP contribution in [0.25, 0.3) is 0 Å². The van der Waals surface area contributed by atoms with Crippen molar-refractivity contribution in [3.05, 3.63) is 28.3 Å². The Bertz CT molecular complexity index is 502. The highest BCUT2D eigenvalue weighted by molar-refractivity contribution is 5.78. The van der Waals surface area contributed by atoms with Gasteiger partial charge in [-0.1, -0.05) is 13.8 Å². The van der Waals surface area contributed by atoms with Gasteiger partial charge in [-0.15, -0.1) is 0 Å². The molecule has 20 heavy (non-hydrogen) atoms. The first-order valence-electron chi connectivity index (χ1n) is 6.27. The van der Waals surface area contributed by atoms with Crippen LogP contribution >= 0.6 is 0 Å². The van der Waals surface area contributed by atoms with Crippen LogP contribution in [-0.4, -0.2) is 28.6 Å². The summed E-state index contributed by atoms with van der Waals surface area (Å²) in [4.78, 5) is 21.5. The van der Waals surface area contributed by atoms with E-state index >= 15 is 0 Å². The summed E-state index contributed by atoms with van der Waals surface area (Å²) in [6.07, 6.45) is 0. The average Bonchev–Trinajstić information content (AvgIpc) is 2.35. The topological polar surface area (TPSA) is 102 Å². The highest BCUT2D eigenvalue weighted by Crippen LogP contribution is 2.30. The van der Waals surface area contributed by atoms with Crippen molar-refractivity contribution >= 4 is 17.3 Å². The zero-order valence-corrected chi connectivity index (χ0v) is 11.6. The Balaban J connectivity index is 3.05. The number of nitrogens with zero attached hydrogens (tertiary/aromatic N) is 1. The summed E-state index contributed by atoms with van der Waals surface area (Å²) >= 11 is 0. The Kier molecular flexibility index (Phi) is 5.31. The zero-order chi connectivity index (χ0) is 15.3. The lowest BCUT2D eigenvalue weighted by molar-refractivity contribution is -0.385. The first kappa shape index (κ1) is 15.7. The smallest absolute Gasteiger partial charge is 0.326 e. The van der Waals surface area contributed by atoms with Crippen LogP contribution in [0.2, 0.25) is 0 Å². The van der Waals surface area contributed by atoms with E-state index in [2.05, 4.69) is 5.32 Å². The van der Waals surface area contributed by atoms with Crippen molar-refractivity contribution in [2.24, 2.45) is 5.92 Å². The van der Waals surface area contributed by atoms with E-state index in [1.165, 1.54) is 18.2 Å². The summed E-state index contributed by atoms with van der Waals surface area (Å²) in [5.74, 6) is -0.982. The molecule has 110 valence electrons. The maximum atomic E-state index is 11.1. The normalized spacial score (nSPS) is 12.0. The molecule has 7 heteroatoms. The Morgan fingerprint density at radius 3 is 2.60 bits per heavy atom. The number of hydrogen-bond acceptors (Lipinski definition) is 5. The van der Waals surface area contributed by atoms with Crippen LogP contribution in [0.15, 0.2) is 18.2 Å². The third-order valence-corrected chi connectivity index (χ3v) is 2.71. The Hall–Kier alpha value is -2.31. The van der Waals surface area contributed by atoms with Gasteiger partial charge in [-0.3, -0.25) is 10.1 Å². The minimum atomic E-state index is -0.976. The number of benzene rings is 1. The summed E-state index contributed by atoms with van der Waals surface area (Å²) in [5, 5.41) is 22.8. The monoisotopic (exact) mass is 282 g/mol. The summed E-state index contributed by atoms with van der Waals surface area (Å²) in [7, 11) is 0. The molecule has 1 unspecified atom stereocenters. The molecule has 0 aliphatic heterocycles. The van der Waals surface area contributed by atoms with Crippen LogP contribution < -0.4 is 10.1 Å². The van der Waals surface area contributed by atoms with Crippen molar-refractivity contribution in [1.82, 2.24) is 0 Å². The van der Waals surface area contributed by atoms with Gasteiger partial charge in [-0.05, 0) is 18.9 Å². The van der Waals surface area contributed by atoms with Crippen LogP contribution in [0.3, 0.4) is 0 Å². The number of anilines is 1. The number of nitro benzene ring substituents is 1. The second kappa shape index (κ2) is 6.74. The molecule has 2 N–H and O–H groups in total. The van der Waals surface area contributed by atoms with Crippen LogP contribution in [0, 0.1) is 16.0 Å². The van der Waals surface area contributed by atoms with E-state index < -0.39 is 16.9 Å². The van der Waals surface area contributed by atoms with Crippen molar-refractivity contribution in [1.29, 1.82) is 0 Å². The van der Waals surface area contributed by atoms with Gasteiger partial charge in [0.05, 0.1) is 11.5 Å². The van der Waals surface area contributed by atoms with Crippen LogP contribution in [0.1, 0.15) is 20.8 Å². The van der Waals surface area contributed by atoms with E-state index in [1.807, 2.05) is 0 Å². The third-order valence-electron chi connectivity index (χ3n) is 2.71. The quantitative estimate of drug-likeness (QED) is 0.588. The van der Waals surface area contributed by atoms with Crippen molar-refractivity contribution in [3.63, 3.8) is 0 Å². The maximum Gasteiger partial charge on any atom is 0.326 e. The molecule has 1 aromatic carbocycles. The summed E-state index contributed by atoms with van der Waals surface area (Å²) in [5.41, 5.74) is 0.328. The molecule has 0 amide bonds. The SMILES string of the molecule is CCOc1cc(NC(C(=O)O)C(C)C)ccc1[N+](=O)[O-]. The molecule has 0 aliphatic rings. The second-order valence-electron chi connectivity index (χ2n) is 4.58. The van der Waals surface area contributed by atoms with Crippen molar-refractivity contribution in [3.8, 4) is 5.75 Å². The lowest BCUT2D eigenvalue weighted by Crippen LogP contribution is -2.34. The number of rotatable bonds is 7. The van der Waals surface area contributed by atoms with Gasteiger partial charge >= 0.3 is 11.7 Å². The number of carboxylic acids is 1. The predicted molar refractivity (Wildman–Crippen MR) is 74.1 cm³/mol. The van der Waals surface area contributed by atoms with Crippen LogP contribution in [-0.2, 0) is 4.79 Å². The number of carbonyl (C=O) groups is 1. The van der Waals surface area contributed by atoms with E-state index in [1.54, 1.807) is 20.8 Å². The first-order valence-corrected chi connectivity index (χ1v) is 6.27. The van der Waals surface area contributed by atoms with Crippen molar-refractivity contribution in [2.45, 2.75) is 26.8 Å². The molecule has 0 spiro atoms. The maximum absolute atomic E-state index is 11.1. The number of hydrogen-bond donors (Lipinski definition) is 2. The molecule has 0 saturated heterocycles. The van der Waals surface area contributed by atoms with E-state index in [0.717, 1.165) is 0 Å². The fourth-order valence-corrected chi connectivity index (χ4v) is 1.72. The molecular formula is C13H18N2O5. The molecule has 0 aromatic heterocycles. The fourth-order valence-electron chi connectivity index (χ4n) is 1.72. The first-order chi connectivity index (χ1) is 9.36. The number of ether oxygens (including phenoxy) is 1. The van der Waals surface area contributed by atoms with E-state index in [-0.39, 0.29) is 24.0 Å². The highest BCUT2D eigenvalue weighted by Gasteiger charge is 2.22. The van der Waals surface area contributed by atoms with Gasteiger partial charge in [0, 0.05) is 17.8 Å². The van der Waals surface area contributed by atoms with Gasteiger partial charge in [0.15, 0.2) is 5.75 Å². The average molecular weight is 282 g/mol. The van der Waals surface area contributed by atoms with E-state index in [0.29, 0.717) is 5.69 Å². The molecule has 0 saturated carbocycles. The summed E-state index contributed by atoms with van der Waals surface area (Å²) in [6.45, 7) is 5.57. The molecule has 1 atom stereocenters. The summed E-state index contributed by atoms with van der Waals surface area (Å²) < 4.78 is 5.21. The minimum absolute atomic E-state index is 0.121. The molecule has 0 fully saturated rings. The molecular weight excluding hydrogens is 264 g/mol. The largest absolute Gasteiger partial charge is 0.487 e. The molecule has 1 rings (SSSR count). The lowest BCUT2D eigenvalue weighted by Gasteiger charge is -2.19. The highest BCUT2D eigenvalue weighted by atomic mass is 16.6. The molecule has 1 aromatic rings. The summed E-state index contributed by atoms with van der Waals surface area (Å²) in [6, 6.07) is 3.44. The van der Waals surface area contributed by atoms with E-state index in [9.17, 15) is 14.9 Å². The Morgan fingerprint density at radius 2 is 2.15 bits per heavy atom. The van der Waals surface area contributed by atoms with Crippen molar-refractivity contribution in [2.75, 3.05) is 11.9 Å². The molecule has 0 bridgehead atoms. The molecule has 0 aliphatic carbocycles. The van der Waals surface area contributed by atoms with Crippen LogP contribution in [0.4, 0.5) is 11.4 Å². The standard InChI is InChI=1S/C13H18N2O5/c1-4-20-11-7-9(5-6-10(11)15(18)19)14-12(8(2)3)13(16)17/h5-8,12,14H,4H2,1-3H3,(H,16,17). The lowest BCUT2D eigenvalue weighted by atomic mass is 10.0. The molecule has 7 nitrogen and oxygen atoms in total. The zero-order valence-electron chi connectivity index (χ0n) is 11.6. The Labute approximate surface area is 116 Å². The minimum Gasteiger partial charge on any atom is -0.487 e. The number of carboxylic acid groups (broad SMARTS) is 1.